The van der Waals surface area contributed by atoms with E-state index < -0.39 is 5.91 Å². The number of hydrazone groups is 1. The van der Waals surface area contributed by atoms with Crippen LogP contribution in [0.2, 0.25) is 0 Å². The van der Waals surface area contributed by atoms with E-state index in [2.05, 4.69) is 15.6 Å². The van der Waals surface area contributed by atoms with Crippen LogP contribution in [0.15, 0.2) is 58.4 Å². The SMILES string of the molecule is Cn1nc(C(=O)N/N=C/c2ccc(C#N)cc2)c2ccccc2c1=O. The number of nitrogens with one attached hydrogen (secondary N) is 1. The van der Waals surface area contributed by atoms with Gasteiger partial charge in [0.15, 0.2) is 5.69 Å². The summed E-state index contributed by atoms with van der Waals surface area (Å²) in [6, 6.07) is 15.6. The maximum Gasteiger partial charge on any atom is 0.292 e. The second-order valence-electron chi connectivity index (χ2n) is 5.26. The van der Waals surface area contributed by atoms with Gasteiger partial charge in [-0.15, -0.1) is 0 Å². The highest BCUT2D eigenvalue weighted by molar-refractivity contribution is 6.04. The summed E-state index contributed by atoms with van der Waals surface area (Å²) in [6.07, 6.45) is 1.46. The number of carbonyl (C=O) groups excluding carboxylic acids is 1. The molecule has 0 spiro atoms. The van der Waals surface area contributed by atoms with E-state index in [9.17, 15) is 9.59 Å². The zero-order valence-electron chi connectivity index (χ0n) is 13.3. The predicted octanol–water partition coefficient (Wildman–Crippen LogP) is 1.57. The molecule has 3 rings (SSSR count). The van der Waals surface area contributed by atoms with Crippen molar-refractivity contribution in [1.82, 2.24) is 15.2 Å². The Labute approximate surface area is 142 Å². The molecule has 0 unspecified atom stereocenters. The molecule has 1 N–H and O–H groups in total. The van der Waals surface area contributed by atoms with Gasteiger partial charge >= 0.3 is 0 Å². The first-order chi connectivity index (χ1) is 12.1. The number of amides is 1. The van der Waals surface area contributed by atoms with E-state index in [1.807, 2.05) is 6.07 Å². The lowest BCUT2D eigenvalue weighted by Gasteiger charge is -2.06. The van der Waals surface area contributed by atoms with Crippen molar-refractivity contribution in [1.29, 1.82) is 5.26 Å². The number of nitriles is 1. The second kappa shape index (κ2) is 6.76. The summed E-state index contributed by atoms with van der Waals surface area (Å²) in [5.41, 5.74) is 3.53. The summed E-state index contributed by atoms with van der Waals surface area (Å²) in [5, 5.41) is 17.6. The maximum absolute atomic E-state index is 12.4. The smallest absolute Gasteiger partial charge is 0.267 e. The van der Waals surface area contributed by atoms with Gasteiger partial charge in [0.05, 0.1) is 23.2 Å². The van der Waals surface area contributed by atoms with Crippen LogP contribution in [0.25, 0.3) is 10.8 Å². The predicted molar refractivity (Wildman–Crippen MR) is 93.2 cm³/mol. The summed E-state index contributed by atoms with van der Waals surface area (Å²) < 4.78 is 1.13. The van der Waals surface area contributed by atoms with E-state index in [4.69, 9.17) is 5.26 Å². The number of hydrogen-bond acceptors (Lipinski definition) is 5. The first kappa shape index (κ1) is 16.1. The lowest BCUT2D eigenvalue weighted by Crippen LogP contribution is -2.27. The van der Waals surface area contributed by atoms with Crippen LogP contribution >= 0.6 is 0 Å². The van der Waals surface area contributed by atoms with Crippen molar-refractivity contribution in [3.05, 3.63) is 75.7 Å². The van der Waals surface area contributed by atoms with Crippen molar-refractivity contribution in [3.63, 3.8) is 0 Å². The maximum atomic E-state index is 12.4. The summed E-state index contributed by atoms with van der Waals surface area (Å²) in [5.74, 6) is -0.517. The molecule has 25 heavy (non-hydrogen) atoms. The molecule has 0 aliphatic carbocycles. The fraction of sp³-hybridized carbons (Fsp3) is 0.0556. The molecule has 0 saturated carbocycles. The topological polar surface area (TPSA) is 100 Å². The lowest BCUT2D eigenvalue weighted by atomic mass is 10.1. The van der Waals surface area contributed by atoms with Crippen molar-refractivity contribution in [2.75, 3.05) is 0 Å². The molecule has 0 aliphatic heterocycles. The van der Waals surface area contributed by atoms with Crippen LogP contribution in [0.4, 0.5) is 0 Å². The molecule has 122 valence electrons. The average molecular weight is 331 g/mol. The first-order valence-corrected chi connectivity index (χ1v) is 7.40. The quantitative estimate of drug-likeness (QED) is 0.581. The number of fused-ring (bicyclic) bond motifs is 1. The van der Waals surface area contributed by atoms with Crippen LogP contribution in [-0.2, 0) is 7.05 Å². The van der Waals surface area contributed by atoms with Gasteiger partial charge in [0.25, 0.3) is 11.5 Å². The van der Waals surface area contributed by atoms with Gasteiger partial charge in [-0.1, -0.05) is 30.3 Å². The Bertz CT molecular complexity index is 1080. The molecule has 1 amide bonds. The molecule has 0 atom stereocenters. The van der Waals surface area contributed by atoms with Gasteiger partial charge in [-0.2, -0.15) is 15.5 Å². The van der Waals surface area contributed by atoms with Gasteiger partial charge in [0.1, 0.15) is 0 Å². The van der Waals surface area contributed by atoms with Crippen molar-refractivity contribution in [2.24, 2.45) is 12.1 Å². The van der Waals surface area contributed by atoms with Gasteiger partial charge in [-0.05, 0) is 23.8 Å². The van der Waals surface area contributed by atoms with Crippen LogP contribution in [0.1, 0.15) is 21.6 Å². The van der Waals surface area contributed by atoms with Gasteiger partial charge in [0, 0.05) is 12.4 Å². The Morgan fingerprint density at radius 1 is 1.20 bits per heavy atom. The molecule has 0 saturated heterocycles. The number of rotatable bonds is 3. The van der Waals surface area contributed by atoms with Gasteiger partial charge in [0.2, 0.25) is 0 Å². The van der Waals surface area contributed by atoms with Gasteiger partial charge in [-0.25, -0.2) is 10.1 Å². The van der Waals surface area contributed by atoms with E-state index >= 15 is 0 Å². The molecular formula is C18H13N5O2. The molecule has 3 aromatic rings. The zero-order valence-corrected chi connectivity index (χ0v) is 13.3. The number of carbonyl (C=O) groups is 1. The number of hydrogen-bond donors (Lipinski definition) is 1. The molecule has 2 aromatic carbocycles. The number of nitrogens with zero attached hydrogens (tertiary/aromatic N) is 4. The molecule has 7 nitrogen and oxygen atoms in total. The Balaban J connectivity index is 1.85. The largest absolute Gasteiger partial charge is 0.292 e. The fourth-order valence-electron chi connectivity index (χ4n) is 2.33. The van der Waals surface area contributed by atoms with Crippen LogP contribution in [0.5, 0.6) is 0 Å². The summed E-state index contributed by atoms with van der Waals surface area (Å²) >= 11 is 0. The Hall–Kier alpha value is -3.79. The Kier molecular flexibility index (Phi) is 4.35. The highest BCUT2D eigenvalue weighted by Gasteiger charge is 2.14. The third-order valence-corrected chi connectivity index (χ3v) is 3.59. The Morgan fingerprint density at radius 3 is 2.56 bits per heavy atom. The van der Waals surface area contributed by atoms with Crippen LogP contribution in [0.3, 0.4) is 0 Å². The fourth-order valence-corrected chi connectivity index (χ4v) is 2.33. The van der Waals surface area contributed by atoms with E-state index in [1.165, 1.54) is 13.3 Å². The van der Waals surface area contributed by atoms with Crippen LogP contribution < -0.4 is 11.0 Å². The van der Waals surface area contributed by atoms with Gasteiger partial charge < -0.3 is 0 Å². The molecule has 1 aromatic heterocycles. The van der Waals surface area contributed by atoms with Crippen molar-refractivity contribution >= 4 is 22.9 Å². The normalized spacial score (nSPS) is 10.7. The summed E-state index contributed by atoms with van der Waals surface area (Å²) in [4.78, 5) is 24.4. The van der Waals surface area contributed by atoms with Gasteiger partial charge in [-0.3, -0.25) is 9.59 Å². The molecular weight excluding hydrogens is 318 g/mol. The number of benzene rings is 2. The van der Waals surface area contributed by atoms with E-state index in [0.717, 1.165) is 10.2 Å². The first-order valence-electron chi connectivity index (χ1n) is 7.40. The highest BCUT2D eigenvalue weighted by atomic mass is 16.2. The molecule has 1 heterocycles. The van der Waals surface area contributed by atoms with Crippen LogP contribution in [-0.4, -0.2) is 21.9 Å². The minimum absolute atomic E-state index is 0.120. The van der Waals surface area contributed by atoms with E-state index in [1.54, 1.807) is 48.5 Å². The minimum atomic E-state index is -0.517. The third kappa shape index (κ3) is 3.28. The second-order valence-corrected chi connectivity index (χ2v) is 5.26. The summed E-state index contributed by atoms with van der Waals surface area (Å²) in [6.45, 7) is 0. The van der Waals surface area contributed by atoms with E-state index in [-0.39, 0.29) is 11.3 Å². The molecule has 0 fully saturated rings. The standard InChI is InChI=1S/C18H13N5O2/c1-23-18(25)15-5-3-2-4-14(15)16(22-23)17(24)21-20-11-13-8-6-12(10-19)7-9-13/h2-9,11H,1H3,(H,21,24)/b20-11+. The van der Waals surface area contributed by atoms with Crippen molar-refractivity contribution < 1.29 is 4.79 Å². The monoisotopic (exact) mass is 331 g/mol. The van der Waals surface area contributed by atoms with Crippen LogP contribution in [0, 0.1) is 11.3 Å². The molecule has 7 heteroatoms. The van der Waals surface area contributed by atoms with Crippen molar-refractivity contribution in [3.8, 4) is 6.07 Å². The molecule has 0 bridgehead atoms. The zero-order chi connectivity index (χ0) is 17.8. The van der Waals surface area contributed by atoms with E-state index in [0.29, 0.717) is 16.3 Å². The molecule has 0 radical (unpaired) electrons. The average Bonchev–Trinajstić information content (AvgIpc) is 2.65. The highest BCUT2D eigenvalue weighted by Crippen LogP contribution is 2.12. The Morgan fingerprint density at radius 2 is 1.88 bits per heavy atom. The lowest BCUT2D eigenvalue weighted by molar-refractivity contribution is 0.0950. The van der Waals surface area contributed by atoms with Crippen molar-refractivity contribution in [2.45, 2.75) is 0 Å². The molecule has 0 aliphatic rings. The third-order valence-electron chi connectivity index (χ3n) is 3.59. The minimum Gasteiger partial charge on any atom is -0.267 e. The number of aryl methyl sites for hydroxylation is 1. The summed E-state index contributed by atoms with van der Waals surface area (Å²) in [7, 11) is 1.49. The number of aromatic nitrogens is 2.